The molecule has 1 aliphatic carbocycles. The highest BCUT2D eigenvalue weighted by Crippen LogP contribution is 2.49. The quantitative estimate of drug-likeness (QED) is 0.426. The maximum Gasteiger partial charge on any atom is 0.522 e. The molecule has 3 N–H and O–H groups in total. The number of carbonyl (C=O) groups is 5. The van der Waals surface area contributed by atoms with Gasteiger partial charge in [0.15, 0.2) is 5.78 Å². The Labute approximate surface area is 194 Å². The minimum atomic E-state index is -5.04. The van der Waals surface area contributed by atoms with Crippen LogP contribution in [-0.2, 0) is 28.7 Å². The fourth-order valence-electron chi connectivity index (χ4n) is 4.47. The Morgan fingerprint density at radius 1 is 1.21 bits per heavy atom. The number of halogens is 3. The van der Waals surface area contributed by atoms with Crippen LogP contribution in [0.4, 0.5) is 13.2 Å². The van der Waals surface area contributed by atoms with Gasteiger partial charge in [-0.3, -0.25) is 28.7 Å². The highest BCUT2D eigenvalue weighted by atomic mass is 19.4. The molecule has 190 valence electrons. The summed E-state index contributed by atoms with van der Waals surface area (Å²) in [7, 11) is 0. The molecule has 0 spiro atoms. The number of hydrogen-bond donors (Lipinski definition) is 3. The Morgan fingerprint density at radius 3 is 2.44 bits per heavy atom. The fourth-order valence-corrected chi connectivity index (χ4v) is 4.47. The zero-order valence-electron chi connectivity index (χ0n) is 19.2. The summed E-state index contributed by atoms with van der Waals surface area (Å²) in [6.07, 6.45) is -4.21. The van der Waals surface area contributed by atoms with Crippen LogP contribution in [0.2, 0.25) is 0 Å². The lowest BCUT2D eigenvalue weighted by Gasteiger charge is -2.29. The van der Waals surface area contributed by atoms with E-state index in [1.807, 2.05) is 0 Å². The molecule has 0 aromatic carbocycles. The number of Topliss-reactive ketones (excluding diaryl/α,β-unsaturated/α-hetero) is 1. The number of nitrogens with zero attached hydrogens (tertiary/aromatic N) is 1. The molecule has 5 atom stereocenters. The molecule has 0 aromatic heterocycles. The largest absolute Gasteiger partial charge is 0.522 e. The van der Waals surface area contributed by atoms with E-state index in [1.165, 1.54) is 0 Å². The molecule has 0 radical (unpaired) electrons. The van der Waals surface area contributed by atoms with Crippen molar-refractivity contribution < 1.29 is 41.9 Å². The third-order valence-corrected chi connectivity index (χ3v) is 6.13. The lowest BCUT2D eigenvalue weighted by Crippen LogP contribution is -2.57. The van der Waals surface area contributed by atoms with Crippen LogP contribution in [0.3, 0.4) is 0 Å². The van der Waals surface area contributed by atoms with Crippen molar-refractivity contribution >= 4 is 29.4 Å². The Balaban J connectivity index is 1.72. The molecule has 2 heterocycles. The van der Waals surface area contributed by atoms with Crippen molar-refractivity contribution in [3.8, 4) is 0 Å². The van der Waals surface area contributed by atoms with Gasteiger partial charge in [0, 0.05) is 24.5 Å². The van der Waals surface area contributed by atoms with E-state index in [9.17, 15) is 37.1 Å². The van der Waals surface area contributed by atoms with E-state index < -0.39 is 60.0 Å². The number of piperidine rings is 1. The SMILES string of the molecule is CC(C)(C)NC(=O)C(=O)N1C[C@@H]2C[C@@H]2[C@H]1C(=O)NC(C[C@@H]1CCNC1=O)C(=O)COC(F)(F)F. The summed E-state index contributed by atoms with van der Waals surface area (Å²) in [6, 6.07) is -2.44. The van der Waals surface area contributed by atoms with E-state index >= 15 is 0 Å². The second-order valence-electron chi connectivity index (χ2n) is 10.0. The van der Waals surface area contributed by atoms with E-state index in [4.69, 9.17) is 0 Å². The zero-order valence-corrected chi connectivity index (χ0v) is 19.2. The molecule has 10 nitrogen and oxygen atoms in total. The van der Waals surface area contributed by atoms with Gasteiger partial charge >= 0.3 is 18.2 Å². The van der Waals surface area contributed by atoms with Gasteiger partial charge < -0.3 is 20.9 Å². The van der Waals surface area contributed by atoms with Crippen LogP contribution in [0, 0.1) is 17.8 Å². The first kappa shape index (κ1) is 25.9. The number of likely N-dealkylation sites (tertiary alicyclic amines) is 1. The van der Waals surface area contributed by atoms with Gasteiger partial charge in [-0.05, 0) is 51.9 Å². The van der Waals surface area contributed by atoms with E-state index in [2.05, 4.69) is 20.7 Å². The number of ketones is 1. The minimum absolute atomic E-state index is 0.0328. The van der Waals surface area contributed by atoms with E-state index in [0.717, 1.165) is 4.90 Å². The van der Waals surface area contributed by atoms with Crippen LogP contribution < -0.4 is 16.0 Å². The second-order valence-corrected chi connectivity index (χ2v) is 10.0. The van der Waals surface area contributed by atoms with Crippen molar-refractivity contribution in [3.63, 3.8) is 0 Å². The second kappa shape index (κ2) is 9.51. The molecule has 13 heteroatoms. The van der Waals surface area contributed by atoms with E-state index in [0.29, 0.717) is 19.4 Å². The monoisotopic (exact) mass is 490 g/mol. The normalized spacial score (nSPS) is 27.0. The number of alkyl halides is 3. The van der Waals surface area contributed by atoms with Gasteiger partial charge in [-0.1, -0.05) is 0 Å². The molecular formula is C21H29F3N4O6. The minimum Gasteiger partial charge on any atom is -0.356 e. The molecule has 3 fully saturated rings. The summed E-state index contributed by atoms with van der Waals surface area (Å²) in [5.74, 6) is -4.74. The number of rotatable bonds is 7. The third-order valence-electron chi connectivity index (χ3n) is 6.13. The summed E-state index contributed by atoms with van der Waals surface area (Å²) in [5.41, 5.74) is -0.676. The Bertz CT molecular complexity index is 872. The summed E-state index contributed by atoms with van der Waals surface area (Å²) in [6.45, 7) is 4.32. The maximum atomic E-state index is 13.1. The summed E-state index contributed by atoms with van der Waals surface area (Å²) in [5, 5.41) is 7.55. The highest BCUT2D eigenvalue weighted by Gasteiger charge is 2.58. The number of amides is 4. The summed E-state index contributed by atoms with van der Waals surface area (Å²) in [4.78, 5) is 63.8. The smallest absolute Gasteiger partial charge is 0.356 e. The third kappa shape index (κ3) is 6.45. The fraction of sp³-hybridized carbons (Fsp3) is 0.762. The molecule has 3 aliphatic rings. The van der Waals surface area contributed by atoms with E-state index in [-0.39, 0.29) is 30.7 Å². The van der Waals surface area contributed by atoms with Gasteiger partial charge in [-0.2, -0.15) is 0 Å². The van der Waals surface area contributed by atoms with Gasteiger partial charge in [0.05, 0.1) is 6.04 Å². The number of hydrogen-bond acceptors (Lipinski definition) is 6. The molecule has 1 unspecified atom stereocenters. The van der Waals surface area contributed by atoms with Crippen molar-refractivity contribution in [2.75, 3.05) is 19.7 Å². The van der Waals surface area contributed by atoms with Gasteiger partial charge in [-0.25, -0.2) is 0 Å². The predicted octanol–water partition coefficient (Wildman–Crippen LogP) is -0.135. The van der Waals surface area contributed by atoms with Crippen LogP contribution in [0.1, 0.15) is 40.0 Å². The van der Waals surface area contributed by atoms with E-state index in [1.54, 1.807) is 20.8 Å². The first-order valence-corrected chi connectivity index (χ1v) is 11.1. The zero-order chi connectivity index (χ0) is 25.4. The van der Waals surface area contributed by atoms with Gasteiger partial charge in [0.25, 0.3) is 0 Å². The van der Waals surface area contributed by atoms with Gasteiger partial charge in [-0.15, -0.1) is 13.2 Å². The van der Waals surface area contributed by atoms with Crippen LogP contribution in [0.5, 0.6) is 0 Å². The number of nitrogens with one attached hydrogen (secondary N) is 3. The van der Waals surface area contributed by atoms with Crippen molar-refractivity contribution in [2.24, 2.45) is 17.8 Å². The summed E-state index contributed by atoms with van der Waals surface area (Å²) >= 11 is 0. The number of fused-ring (bicyclic) bond motifs is 1. The first-order valence-electron chi connectivity index (χ1n) is 11.1. The standard InChI is InChI=1S/C21H29F3N4O6/c1-20(2,3)27-18(32)19(33)28-8-11-6-12(11)15(28)17(31)26-13(7-10-4-5-25-16(10)30)14(29)9-34-21(22,23)24/h10-13,15H,4-9H2,1-3H3,(H,25,30)(H,26,31)(H,27,32)/t10-,11-,12-,13?,15-/m0/s1. The molecule has 0 bridgehead atoms. The molecule has 1 saturated carbocycles. The van der Waals surface area contributed by atoms with Crippen LogP contribution in [-0.4, -0.2) is 78.0 Å². The molecule has 4 amide bonds. The molecule has 34 heavy (non-hydrogen) atoms. The number of ether oxygens (including phenoxy) is 1. The summed E-state index contributed by atoms with van der Waals surface area (Å²) < 4.78 is 40.9. The Morgan fingerprint density at radius 2 is 1.88 bits per heavy atom. The van der Waals surface area contributed by atoms with Gasteiger partial charge in [0.2, 0.25) is 11.8 Å². The average molecular weight is 490 g/mol. The van der Waals surface area contributed by atoms with Crippen molar-refractivity contribution in [1.82, 2.24) is 20.9 Å². The number of carbonyl (C=O) groups excluding carboxylic acids is 5. The van der Waals surface area contributed by atoms with Crippen LogP contribution >= 0.6 is 0 Å². The molecule has 0 aromatic rings. The lowest BCUT2D eigenvalue weighted by molar-refractivity contribution is -0.321. The lowest BCUT2D eigenvalue weighted by atomic mass is 9.95. The predicted molar refractivity (Wildman–Crippen MR) is 110 cm³/mol. The van der Waals surface area contributed by atoms with Crippen LogP contribution in [0.25, 0.3) is 0 Å². The first-order chi connectivity index (χ1) is 15.7. The maximum absolute atomic E-state index is 13.1. The Kier molecular flexibility index (Phi) is 7.25. The highest BCUT2D eigenvalue weighted by molar-refractivity contribution is 6.35. The van der Waals surface area contributed by atoms with Crippen molar-refractivity contribution in [2.45, 2.75) is 64.0 Å². The Hall–Kier alpha value is -2.70. The molecule has 2 saturated heterocycles. The molecule has 2 aliphatic heterocycles. The average Bonchev–Trinajstić information content (AvgIpc) is 3.17. The molecule has 3 rings (SSSR count). The van der Waals surface area contributed by atoms with Crippen molar-refractivity contribution in [3.05, 3.63) is 0 Å². The van der Waals surface area contributed by atoms with Crippen LogP contribution in [0.15, 0.2) is 0 Å². The van der Waals surface area contributed by atoms with Gasteiger partial charge in [0.1, 0.15) is 12.6 Å². The topological polar surface area (TPSA) is 134 Å². The van der Waals surface area contributed by atoms with Crippen molar-refractivity contribution in [1.29, 1.82) is 0 Å². The molecular weight excluding hydrogens is 461 g/mol.